The SMILES string of the molecule is CCNC(=NCC(C)(O)c1ccsc1)NCC(OC)C(C)(C)C.I. The van der Waals surface area contributed by atoms with Crippen LogP contribution in [0.3, 0.4) is 0 Å². The molecule has 24 heavy (non-hydrogen) atoms. The highest BCUT2D eigenvalue weighted by Crippen LogP contribution is 2.23. The van der Waals surface area contributed by atoms with Crippen LogP contribution >= 0.6 is 35.3 Å². The lowest BCUT2D eigenvalue weighted by atomic mass is 9.89. The van der Waals surface area contributed by atoms with Gasteiger partial charge in [0.05, 0.1) is 12.6 Å². The van der Waals surface area contributed by atoms with Crippen LogP contribution in [0.2, 0.25) is 0 Å². The lowest BCUT2D eigenvalue weighted by Crippen LogP contribution is -2.45. The van der Waals surface area contributed by atoms with Crippen molar-refractivity contribution in [1.82, 2.24) is 10.6 Å². The van der Waals surface area contributed by atoms with Crippen molar-refractivity contribution in [2.24, 2.45) is 10.4 Å². The highest BCUT2D eigenvalue weighted by molar-refractivity contribution is 14.0. The van der Waals surface area contributed by atoms with Gasteiger partial charge in [-0.15, -0.1) is 24.0 Å². The molecule has 1 aromatic rings. The zero-order valence-corrected chi connectivity index (χ0v) is 18.7. The first kappa shape index (κ1) is 23.6. The number of nitrogens with zero attached hydrogens (tertiary/aromatic N) is 1. The third-order valence-corrected chi connectivity index (χ3v) is 4.42. The molecule has 140 valence electrons. The number of rotatable bonds is 7. The summed E-state index contributed by atoms with van der Waals surface area (Å²) in [6, 6.07) is 1.93. The van der Waals surface area contributed by atoms with Gasteiger partial charge in [-0.05, 0) is 41.7 Å². The van der Waals surface area contributed by atoms with Gasteiger partial charge in [0.25, 0.3) is 0 Å². The predicted octanol–water partition coefficient (Wildman–Crippen LogP) is 3.19. The monoisotopic (exact) mass is 469 g/mol. The zero-order chi connectivity index (χ0) is 17.5. The fraction of sp³-hybridized carbons (Fsp3) is 0.706. The summed E-state index contributed by atoms with van der Waals surface area (Å²) in [6.45, 7) is 12.0. The van der Waals surface area contributed by atoms with Gasteiger partial charge in [-0.25, -0.2) is 4.99 Å². The van der Waals surface area contributed by atoms with Crippen molar-refractivity contribution < 1.29 is 9.84 Å². The smallest absolute Gasteiger partial charge is 0.191 e. The number of thiophene rings is 1. The fourth-order valence-corrected chi connectivity index (χ4v) is 2.95. The second-order valence-corrected chi connectivity index (χ2v) is 7.73. The number of ether oxygens (including phenoxy) is 1. The minimum atomic E-state index is -0.965. The van der Waals surface area contributed by atoms with E-state index in [1.807, 2.05) is 23.8 Å². The van der Waals surface area contributed by atoms with Crippen LogP contribution in [0.5, 0.6) is 0 Å². The Hall–Kier alpha value is -0.380. The van der Waals surface area contributed by atoms with Crippen LogP contribution in [0.25, 0.3) is 0 Å². The molecule has 1 rings (SSSR count). The van der Waals surface area contributed by atoms with Crippen LogP contribution in [-0.4, -0.2) is 43.9 Å². The normalized spacial score (nSPS) is 16.0. The second-order valence-electron chi connectivity index (χ2n) is 6.95. The molecular formula is C17H32IN3O2S. The molecule has 0 aliphatic carbocycles. The van der Waals surface area contributed by atoms with Crippen molar-refractivity contribution in [1.29, 1.82) is 0 Å². The maximum absolute atomic E-state index is 10.6. The first-order chi connectivity index (χ1) is 10.7. The van der Waals surface area contributed by atoms with Gasteiger partial charge in [0.15, 0.2) is 5.96 Å². The summed E-state index contributed by atoms with van der Waals surface area (Å²) in [5.41, 5.74) is -0.0274. The fourth-order valence-electron chi connectivity index (χ4n) is 2.17. The Balaban J connectivity index is 0.00000529. The van der Waals surface area contributed by atoms with Crippen LogP contribution < -0.4 is 10.6 Å². The van der Waals surface area contributed by atoms with Gasteiger partial charge in [-0.2, -0.15) is 11.3 Å². The quantitative estimate of drug-likeness (QED) is 0.326. The lowest BCUT2D eigenvalue weighted by Gasteiger charge is -2.30. The molecule has 0 amide bonds. The number of methoxy groups -OCH3 is 1. The van der Waals surface area contributed by atoms with Crippen LogP contribution in [0.15, 0.2) is 21.8 Å². The number of halogens is 1. The Morgan fingerprint density at radius 3 is 2.46 bits per heavy atom. The summed E-state index contributed by atoms with van der Waals surface area (Å²) >= 11 is 1.57. The van der Waals surface area contributed by atoms with Gasteiger partial charge >= 0.3 is 0 Å². The molecular weight excluding hydrogens is 437 g/mol. The molecule has 7 heteroatoms. The van der Waals surface area contributed by atoms with Crippen LogP contribution in [0, 0.1) is 5.41 Å². The molecule has 3 N–H and O–H groups in total. The van der Waals surface area contributed by atoms with E-state index in [2.05, 4.69) is 36.4 Å². The molecule has 0 saturated heterocycles. The maximum Gasteiger partial charge on any atom is 0.191 e. The zero-order valence-electron chi connectivity index (χ0n) is 15.5. The summed E-state index contributed by atoms with van der Waals surface area (Å²) in [5.74, 6) is 0.689. The van der Waals surface area contributed by atoms with E-state index in [1.165, 1.54) is 0 Å². The van der Waals surface area contributed by atoms with E-state index in [0.717, 1.165) is 12.1 Å². The molecule has 0 fully saturated rings. The van der Waals surface area contributed by atoms with E-state index in [-0.39, 0.29) is 35.5 Å². The van der Waals surface area contributed by atoms with Crippen molar-refractivity contribution in [2.45, 2.75) is 46.3 Å². The third kappa shape index (κ3) is 7.67. The number of guanidine groups is 1. The van der Waals surface area contributed by atoms with Crippen molar-refractivity contribution >= 4 is 41.3 Å². The summed E-state index contributed by atoms with van der Waals surface area (Å²) < 4.78 is 5.55. The molecule has 0 spiro atoms. The largest absolute Gasteiger partial charge is 0.383 e. The Morgan fingerprint density at radius 1 is 1.33 bits per heavy atom. The van der Waals surface area contributed by atoms with E-state index < -0.39 is 5.60 Å². The first-order valence-corrected chi connectivity index (χ1v) is 8.95. The van der Waals surface area contributed by atoms with Crippen molar-refractivity contribution in [3.05, 3.63) is 22.4 Å². The standard InChI is InChI=1S/C17H31N3O2S.HI/c1-7-18-15(19-10-14(22-6)16(2,3)4)20-12-17(5,21)13-8-9-23-11-13;/h8-9,11,14,21H,7,10,12H2,1-6H3,(H2,18,19,20);1H. The first-order valence-electron chi connectivity index (χ1n) is 8.00. The van der Waals surface area contributed by atoms with Gasteiger partial charge in [-0.3, -0.25) is 0 Å². The van der Waals surface area contributed by atoms with E-state index in [4.69, 9.17) is 4.74 Å². The number of nitrogens with one attached hydrogen (secondary N) is 2. The van der Waals surface area contributed by atoms with Crippen molar-refractivity contribution in [3.8, 4) is 0 Å². The Bertz CT molecular complexity index is 485. The predicted molar refractivity (Wildman–Crippen MR) is 114 cm³/mol. The average molecular weight is 469 g/mol. The number of hydrogen-bond acceptors (Lipinski definition) is 4. The molecule has 0 aliphatic rings. The Kier molecular flexibility index (Phi) is 10.4. The average Bonchev–Trinajstić information content (AvgIpc) is 2.98. The lowest BCUT2D eigenvalue weighted by molar-refractivity contribution is 0.0204. The van der Waals surface area contributed by atoms with Gasteiger partial charge in [0.1, 0.15) is 5.60 Å². The second kappa shape index (κ2) is 10.6. The Labute approximate surface area is 167 Å². The minimum absolute atomic E-state index is 0. The summed E-state index contributed by atoms with van der Waals surface area (Å²) in [5, 5.41) is 21.0. The molecule has 0 aromatic carbocycles. The maximum atomic E-state index is 10.6. The molecule has 0 aliphatic heterocycles. The van der Waals surface area contributed by atoms with E-state index in [0.29, 0.717) is 19.0 Å². The third-order valence-electron chi connectivity index (χ3n) is 3.74. The molecule has 0 bridgehead atoms. The molecule has 0 radical (unpaired) electrons. The molecule has 0 saturated carbocycles. The topological polar surface area (TPSA) is 65.9 Å². The van der Waals surface area contributed by atoms with Crippen LogP contribution in [0.1, 0.15) is 40.2 Å². The molecule has 1 heterocycles. The number of aliphatic hydroxyl groups is 1. The highest BCUT2D eigenvalue weighted by atomic mass is 127. The molecule has 2 atom stereocenters. The van der Waals surface area contributed by atoms with Crippen LogP contribution in [0.4, 0.5) is 0 Å². The number of aliphatic imine (C=N–C) groups is 1. The summed E-state index contributed by atoms with van der Waals surface area (Å²) in [7, 11) is 1.73. The minimum Gasteiger partial charge on any atom is -0.383 e. The van der Waals surface area contributed by atoms with Crippen molar-refractivity contribution in [3.63, 3.8) is 0 Å². The van der Waals surface area contributed by atoms with Gasteiger partial charge < -0.3 is 20.5 Å². The summed E-state index contributed by atoms with van der Waals surface area (Å²) in [6.07, 6.45) is 0.0729. The molecule has 5 nitrogen and oxygen atoms in total. The number of hydrogen-bond donors (Lipinski definition) is 3. The Morgan fingerprint density at radius 2 is 2.00 bits per heavy atom. The van der Waals surface area contributed by atoms with E-state index in [1.54, 1.807) is 25.4 Å². The van der Waals surface area contributed by atoms with Crippen LogP contribution in [-0.2, 0) is 10.3 Å². The molecule has 1 aromatic heterocycles. The highest BCUT2D eigenvalue weighted by Gasteiger charge is 2.25. The van der Waals surface area contributed by atoms with Gasteiger partial charge in [0, 0.05) is 20.2 Å². The van der Waals surface area contributed by atoms with Crippen molar-refractivity contribution in [2.75, 3.05) is 26.7 Å². The van der Waals surface area contributed by atoms with E-state index in [9.17, 15) is 5.11 Å². The van der Waals surface area contributed by atoms with Gasteiger partial charge in [0.2, 0.25) is 0 Å². The van der Waals surface area contributed by atoms with E-state index >= 15 is 0 Å². The molecule has 2 unspecified atom stereocenters. The summed E-state index contributed by atoms with van der Waals surface area (Å²) in [4.78, 5) is 4.52. The van der Waals surface area contributed by atoms with Gasteiger partial charge in [-0.1, -0.05) is 20.8 Å².